The van der Waals surface area contributed by atoms with Crippen molar-refractivity contribution < 1.29 is 9.53 Å². The summed E-state index contributed by atoms with van der Waals surface area (Å²) in [5.41, 5.74) is 0.922. The zero-order valence-electron chi connectivity index (χ0n) is 16.5. The molecule has 0 aromatic heterocycles. The Hall–Kier alpha value is -1.68. The number of aliphatic imine (C=N–C) groups is 1. The minimum Gasteiger partial charge on any atom is -0.447 e. The highest BCUT2D eigenvalue weighted by atomic mass is 16.5. The van der Waals surface area contributed by atoms with E-state index in [0.29, 0.717) is 18.7 Å². The van der Waals surface area contributed by atoms with E-state index in [-0.39, 0.29) is 0 Å². The van der Waals surface area contributed by atoms with Gasteiger partial charge in [-0.1, -0.05) is 52.7 Å². The molecule has 142 valence electrons. The minimum absolute atomic E-state index is 0.383. The number of nitrogens with zero attached hydrogens (tertiary/aromatic N) is 1. The highest BCUT2D eigenvalue weighted by molar-refractivity contribution is 5.79. The first-order chi connectivity index (χ1) is 12.1. The van der Waals surface area contributed by atoms with E-state index in [4.69, 9.17) is 4.74 Å². The van der Waals surface area contributed by atoms with E-state index in [1.807, 2.05) is 13.0 Å². The standard InChI is InChI=1S/C12H15NO2.C9H21N/c1-3-6-10-9-11(7-5-8-14)15-12(4-2)13-10;1-4-6-8-9(10-3)7-5-2/h3,6-8H,1,4-5,9H2,2H3;9-10H,4-8H2,1-3H3/b10-6+,11-7+;. The maximum atomic E-state index is 10.2. The molecular weight excluding hydrogens is 312 g/mol. The second kappa shape index (κ2) is 15.8. The van der Waals surface area contributed by atoms with Crippen LogP contribution in [0.25, 0.3) is 0 Å². The predicted molar refractivity (Wildman–Crippen MR) is 108 cm³/mol. The third kappa shape index (κ3) is 11.5. The summed E-state index contributed by atoms with van der Waals surface area (Å²) in [6.07, 6.45) is 14.6. The summed E-state index contributed by atoms with van der Waals surface area (Å²) >= 11 is 0. The molecule has 4 heteroatoms. The smallest absolute Gasteiger partial charge is 0.194 e. The molecule has 1 atom stereocenters. The van der Waals surface area contributed by atoms with Gasteiger partial charge < -0.3 is 14.8 Å². The molecule has 0 aromatic rings. The first kappa shape index (κ1) is 23.3. The molecule has 1 rings (SSSR count). The van der Waals surface area contributed by atoms with Gasteiger partial charge in [0.2, 0.25) is 0 Å². The molecule has 4 nitrogen and oxygen atoms in total. The fraction of sp³-hybridized carbons (Fsp3) is 0.619. The van der Waals surface area contributed by atoms with E-state index < -0.39 is 0 Å². The van der Waals surface area contributed by atoms with Crippen LogP contribution in [0, 0.1) is 0 Å². The summed E-state index contributed by atoms with van der Waals surface area (Å²) in [5.74, 6) is 1.48. The normalized spacial score (nSPS) is 18.0. The van der Waals surface area contributed by atoms with Gasteiger partial charge in [-0.15, -0.1) is 0 Å². The van der Waals surface area contributed by atoms with E-state index in [2.05, 4.69) is 37.8 Å². The van der Waals surface area contributed by atoms with Crippen LogP contribution in [0.1, 0.15) is 72.1 Å². The number of carbonyl (C=O) groups excluding carboxylic acids is 1. The largest absolute Gasteiger partial charge is 0.447 e. The second-order valence-corrected chi connectivity index (χ2v) is 6.02. The first-order valence-electron chi connectivity index (χ1n) is 9.51. The number of ether oxygens (including phenoxy) is 1. The van der Waals surface area contributed by atoms with Crippen molar-refractivity contribution in [2.75, 3.05) is 7.05 Å². The van der Waals surface area contributed by atoms with Crippen molar-refractivity contribution in [3.8, 4) is 0 Å². The molecule has 1 aliphatic heterocycles. The van der Waals surface area contributed by atoms with Gasteiger partial charge in [-0.05, 0) is 32.0 Å². The lowest BCUT2D eigenvalue weighted by atomic mass is 10.1. The molecule has 0 amide bonds. The van der Waals surface area contributed by atoms with Crippen molar-refractivity contribution >= 4 is 12.2 Å². The fourth-order valence-corrected chi connectivity index (χ4v) is 2.50. The molecule has 1 aliphatic rings. The number of aldehydes is 1. The van der Waals surface area contributed by atoms with E-state index in [1.165, 1.54) is 32.1 Å². The Bertz CT molecular complexity index is 465. The molecule has 1 unspecified atom stereocenters. The molecule has 0 aromatic carbocycles. The van der Waals surface area contributed by atoms with Crippen LogP contribution in [0.5, 0.6) is 0 Å². The van der Waals surface area contributed by atoms with Gasteiger partial charge in [0, 0.05) is 25.3 Å². The average Bonchev–Trinajstić information content (AvgIpc) is 2.64. The molecule has 0 saturated heterocycles. The molecule has 0 aliphatic carbocycles. The molecule has 0 bridgehead atoms. The van der Waals surface area contributed by atoms with Gasteiger partial charge in [-0.3, -0.25) is 0 Å². The van der Waals surface area contributed by atoms with Crippen molar-refractivity contribution in [3.63, 3.8) is 0 Å². The maximum absolute atomic E-state index is 10.2. The van der Waals surface area contributed by atoms with Crippen LogP contribution >= 0.6 is 0 Å². The topological polar surface area (TPSA) is 50.7 Å². The van der Waals surface area contributed by atoms with Gasteiger partial charge in [0.25, 0.3) is 0 Å². The Morgan fingerprint density at radius 3 is 2.56 bits per heavy atom. The van der Waals surface area contributed by atoms with Crippen molar-refractivity contribution in [1.82, 2.24) is 5.32 Å². The van der Waals surface area contributed by atoms with E-state index in [1.54, 1.807) is 12.2 Å². The third-order valence-corrected chi connectivity index (χ3v) is 3.88. The number of rotatable bonds is 10. The Kier molecular flexibility index (Phi) is 14.8. The predicted octanol–water partition coefficient (Wildman–Crippen LogP) is 5.32. The summed E-state index contributed by atoms with van der Waals surface area (Å²) < 4.78 is 5.49. The number of hydrogen-bond acceptors (Lipinski definition) is 4. The molecule has 0 saturated carbocycles. The Morgan fingerprint density at radius 1 is 1.28 bits per heavy atom. The molecule has 1 heterocycles. The first-order valence-corrected chi connectivity index (χ1v) is 9.51. The Morgan fingerprint density at radius 2 is 2.04 bits per heavy atom. The van der Waals surface area contributed by atoms with Crippen molar-refractivity contribution in [3.05, 3.63) is 36.3 Å². The van der Waals surface area contributed by atoms with Gasteiger partial charge in [0.1, 0.15) is 12.0 Å². The molecule has 0 fully saturated rings. The Balaban J connectivity index is 0.000000504. The molecule has 0 spiro atoms. The van der Waals surface area contributed by atoms with Crippen LogP contribution in [0.4, 0.5) is 0 Å². The summed E-state index contributed by atoms with van der Waals surface area (Å²) in [4.78, 5) is 14.5. The summed E-state index contributed by atoms with van der Waals surface area (Å²) in [6.45, 7) is 10.1. The number of unbranched alkanes of at least 4 members (excludes halogenated alkanes) is 1. The zero-order valence-corrected chi connectivity index (χ0v) is 16.5. The number of allylic oxidation sites excluding steroid dienone is 3. The van der Waals surface area contributed by atoms with Gasteiger partial charge in [0.05, 0.1) is 5.70 Å². The second-order valence-electron chi connectivity index (χ2n) is 6.02. The lowest BCUT2D eigenvalue weighted by molar-refractivity contribution is -0.107. The van der Waals surface area contributed by atoms with E-state index >= 15 is 0 Å². The molecular formula is C21H36N2O2. The van der Waals surface area contributed by atoms with Crippen molar-refractivity contribution in [2.24, 2.45) is 4.99 Å². The van der Waals surface area contributed by atoms with Crippen LogP contribution in [0.3, 0.4) is 0 Å². The van der Waals surface area contributed by atoms with Crippen molar-refractivity contribution in [2.45, 2.75) is 78.2 Å². The monoisotopic (exact) mass is 348 g/mol. The highest BCUT2D eigenvalue weighted by Gasteiger charge is 2.12. The van der Waals surface area contributed by atoms with Gasteiger partial charge in [-0.2, -0.15) is 0 Å². The van der Waals surface area contributed by atoms with E-state index in [9.17, 15) is 4.79 Å². The van der Waals surface area contributed by atoms with Crippen LogP contribution in [0.15, 0.2) is 41.3 Å². The molecule has 0 radical (unpaired) electrons. The minimum atomic E-state index is 0.383. The SMILES string of the molecule is C=C/C=C1\C/C(=C\CC=O)OC(CC)=N1.CCCCC(CCC)NC. The maximum Gasteiger partial charge on any atom is 0.194 e. The highest BCUT2D eigenvalue weighted by Crippen LogP contribution is 2.21. The lowest BCUT2D eigenvalue weighted by Crippen LogP contribution is -2.24. The van der Waals surface area contributed by atoms with Gasteiger partial charge >= 0.3 is 0 Å². The van der Waals surface area contributed by atoms with Crippen LogP contribution in [-0.2, 0) is 9.53 Å². The zero-order chi connectivity index (χ0) is 18.9. The van der Waals surface area contributed by atoms with E-state index in [0.717, 1.165) is 30.2 Å². The number of carbonyl (C=O) groups is 1. The van der Waals surface area contributed by atoms with Gasteiger partial charge in [0.15, 0.2) is 5.90 Å². The van der Waals surface area contributed by atoms with Crippen LogP contribution < -0.4 is 5.32 Å². The summed E-state index contributed by atoms with van der Waals surface area (Å²) in [7, 11) is 2.07. The quantitative estimate of drug-likeness (QED) is 0.543. The molecule has 1 N–H and O–H groups in total. The summed E-state index contributed by atoms with van der Waals surface area (Å²) in [5, 5.41) is 3.34. The lowest BCUT2D eigenvalue weighted by Gasteiger charge is -2.17. The molecule has 25 heavy (non-hydrogen) atoms. The van der Waals surface area contributed by atoms with Crippen LogP contribution in [0.2, 0.25) is 0 Å². The van der Waals surface area contributed by atoms with Crippen LogP contribution in [-0.4, -0.2) is 25.3 Å². The summed E-state index contributed by atoms with van der Waals surface area (Å²) in [6, 6.07) is 0.768. The Labute approximate surface area is 154 Å². The number of hydrogen-bond donors (Lipinski definition) is 1. The number of nitrogens with one attached hydrogen (secondary N) is 1. The van der Waals surface area contributed by atoms with Crippen molar-refractivity contribution in [1.29, 1.82) is 0 Å². The third-order valence-electron chi connectivity index (χ3n) is 3.88. The fourth-order valence-electron chi connectivity index (χ4n) is 2.50. The average molecular weight is 349 g/mol. The van der Waals surface area contributed by atoms with Gasteiger partial charge in [-0.25, -0.2) is 4.99 Å².